The number of nitrogens with zero attached hydrogens (tertiary/aromatic N) is 2. The minimum atomic E-state index is -3.80. The summed E-state index contributed by atoms with van der Waals surface area (Å²) in [4.78, 5) is 17.3. The highest BCUT2D eigenvalue weighted by molar-refractivity contribution is 7.90. The second-order valence-corrected chi connectivity index (χ2v) is 11.5. The monoisotopic (exact) mass is 525 g/mol. The van der Waals surface area contributed by atoms with Crippen molar-refractivity contribution in [2.75, 3.05) is 45.6 Å². The lowest BCUT2D eigenvalue weighted by Crippen LogP contribution is -2.41. The van der Waals surface area contributed by atoms with E-state index in [2.05, 4.69) is 14.6 Å². The van der Waals surface area contributed by atoms with Crippen molar-refractivity contribution in [1.82, 2.24) is 9.62 Å². The maximum absolute atomic E-state index is 12.6. The van der Waals surface area contributed by atoms with Crippen LogP contribution in [0.1, 0.15) is 10.4 Å². The molecule has 1 fully saturated rings. The van der Waals surface area contributed by atoms with Crippen molar-refractivity contribution in [1.29, 1.82) is 0 Å². The zero-order chi connectivity index (χ0) is 25.6. The van der Waals surface area contributed by atoms with Crippen LogP contribution in [0, 0.1) is 0 Å². The lowest BCUT2D eigenvalue weighted by Gasteiger charge is -2.26. The molecule has 2 aromatic carbocycles. The van der Waals surface area contributed by atoms with Gasteiger partial charge in [-0.1, -0.05) is 0 Å². The van der Waals surface area contributed by atoms with E-state index in [0.717, 1.165) is 25.4 Å². The maximum atomic E-state index is 12.6. The van der Waals surface area contributed by atoms with Gasteiger partial charge in [-0.05, 0) is 42.5 Å². The van der Waals surface area contributed by atoms with Crippen molar-refractivity contribution in [3.05, 3.63) is 48.0 Å². The van der Waals surface area contributed by atoms with Gasteiger partial charge in [0.05, 0.1) is 18.1 Å². The van der Waals surface area contributed by atoms with Crippen molar-refractivity contribution in [3.8, 4) is 11.5 Å². The molecule has 3 rings (SSSR count). The van der Waals surface area contributed by atoms with Crippen molar-refractivity contribution in [2.24, 2.45) is 16.5 Å². The maximum Gasteiger partial charge on any atom is 0.280 e. The molecule has 1 aliphatic heterocycles. The van der Waals surface area contributed by atoms with Gasteiger partial charge in [-0.2, -0.15) is 4.99 Å². The second kappa shape index (κ2) is 11.1. The highest BCUT2D eigenvalue weighted by Crippen LogP contribution is 2.30. The Hall–Kier alpha value is -3.04. The lowest BCUT2D eigenvalue weighted by atomic mass is 10.2. The van der Waals surface area contributed by atoms with Crippen molar-refractivity contribution in [2.45, 2.75) is 9.79 Å². The third kappa shape index (κ3) is 7.47. The standard InChI is InChI=1S/C21H27N5O7S2/c1-34(28,29)19-14-15(20(27)25-21(22)23)2-7-18(19)33-16-3-5-17(6-4-16)35(30,31)24-8-9-26-10-12-32-13-11-26/h2-7,14,24H,8-13H2,1H3,(H4,22,23,25,27). The zero-order valence-corrected chi connectivity index (χ0v) is 20.6. The van der Waals surface area contributed by atoms with Gasteiger partial charge in [0.15, 0.2) is 15.8 Å². The molecule has 1 saturated heterocycles. The Morgan fingerprint density at radius 3 is 2.34 bits per heavy atom. The van der Waals surface area contributed by atoms with Gasteiger partial charge in [0, 0.05) is 38.0 Å². The van der Waals surface area contributed by atoms with E-state index < -0.39 is 31.7 Å². The predicted octanol–water partition coefficient (Wildman–Crippen LogP) is -0.0935. The average molecular weight is 526 g/mol. The molecular formula is C21H27N5O7S2. The number of amides is 1. The first kappa shape index (κ1) is 26.6. The minimum absolute atomic E-state index is 0.0355. The van der Waals surface area contributed by atoms with Crippen molar-refractivity contribution >= 4 is 31.7 Å². The Kier molecular flexibility index (Phi) is 8.45. The number of nitrogens with one attached hydrogen (secondary N) is 1. The first-order valence-corrected chi connectivity index (χ1v) is 13.9. The Balaban J connectivity index is 1.72. The molecular weight excluding hydrogens is 498 g/mol. The van der Waals surface area contributed by atoms with E-state index in [1.54, 1.807) is 0 Å². The first-order valence-electron chi connectivity index (χ1n) is 10.5. The molecule has 1 heterocycles. The Morgan fingerprint density at radius 1 is 1.09 bits per heavy atom. The van der Waals surface area contributed by atoms with E-state index in [4.69, 9.17) is 20.9 Å². The predicted molar refractivity (Wildman–Crippen MR) is 129 cm³/mol. The van der Waals surface area contributed by atoms with E-state index in [9.17, 15) is 21.6 Å². The number of sulfonamides is 1. The molecule has 5 N–H and O–H groups in total. The molecule has 0 radical (unpaired) electrons. The Bertz CT molecular complexity index is 1300. The molecule has 1 amide bonds. The fraction of sp³-hybridized carbons (Fsp3) is 0.333. The highest BCUT2D eigenvalue weighted by Gasteiger charge is 2.20. The number of nitrogens with two attached hydrogens (primary N) is 2. The van der Waals surface area contributed by atoms with Crippen LogP contribution in [0.4, 0.5) is 0 Å². The van der Waals surface area contributed by atoms with Crippen LogP contribution in [0.2, 0.25) is 0 Å². The number of benzene rings is 2. The molecule has 0 atom stereocenters. The van der Waals surface area contributed by atoms with Crippen LogP contribution in [-0.2, 0) is 24.6 Å². The summed E-state index contributed by atoms with van der Waals surface area (Å²) in [6, 6.07) is 9.23. The summed E-state index contributed by atoms with van der Waals surface area (Å²) in [5.41, 5.74) is 10.4. The fourth-order valence-corrected chi connectivity index (χ4v) is 5.09. The smallest absolute Gasteiger partial charge is 0.280 e. The molecule has 12 nitrogen and oxygen atoms in total. The SMILES string of the molecule is CS(=O)(=O)c1cc(C(=O)N=C(N)N)ccc1Oc1ccc(S(=O)(=O)NCCN2CCOCC2)cc1. The number of morpholine rings is 1. The van der Waals surface area contributed by atoms with E-state index in [1.807, 2.05) is 0 Å². The van der Waals surface area contributed by atoms with Gasteiger partial charge in [-0.15, -0.1) is 0 Å². The summed E-state index contributed by atoms with van der Waals surface area (Å²) in [5.74, 6) is -1.11. The average Bonchev–Trinajstić information content (AvgIpc) is 2.79. The third-order valence-electron chi connectivity index (χ3n) is 5.01. The molecule has 0 saturated carbocycles. The number of carbonyl (C=O) groups excluding carboxylic acids is 1. The zero-order valence-electron chi connectivity index (χ0n) is 19.0. The van der Waals surface area contributed by atoms with Crippen LogP contribution in [0.25, 0.3) is 0 Å². The number of rotatable bonds is 9. The van der Waals surface area contributed by atoms with Crippen molar-refractivity contribution < 1.29 is 31.1 Å². The largest absolute Gasteiger partial charge is 0.456 e. The van der Waals surface area contributed by atoms with Crippen LogP contribution >= 0.6 is 0 Å². The van der Waals surface area contributed by atoms with Crippen LogP contribution in [-0.4, -0.2) is 79.3 Å². The summed E-state index contributed by atoms with van der Waals surface area (Å²) < 4.78 is 63.2. The molecule has 2 aromatic rings. The summed E-state index contributed by atoms with van der Waals surface area (Å²) in [6.45, 7) is 3.59. The van der Waals surface area contributed by atoms with Crippen LogP contribution < -0.4 is 20.9 Å². The van der Waals surface area contributed by atoms with Crippen LogP contribution in [0.15, 0.2) is 57.2 Å². The number of aliphatic imine (C=N–C) groups is 1. The quantitative estimate of drug-likeness (QED) is 0.295. The number of ether oxygens (including phenoxy) is 2. The van der Waals surface area contributed by atoms with Crippen LogP contribution in [0.3, 0.4) is 0 Å². The lowest BCUT2D eigenvalue weighted by molar-refractivity contribution is 0.0390. The molecule has 14 heteroatoms. The second-order valence-electron chi connectivity index (χ2n) is 7.70. The molecule has 0 unspecified atom stereocenters. The summed E-state index contributed by atoms with van der Waals surface area (Å²) >= 11 is 0. The van der Waals surface area contributed by atoms with Crippen molar-refractivity contribution in [3.63, 3.8) is 0 Å². The highest BCUT2D eigenvalue weighted by atomic mass is 32.2. The van der Waals surface area contributed by atoms with E-state index in [0.29, 0.717) is 19.8 Å². The van der Waals surface area contributed by atoms with Gasteiger partial charge >= 0.3 is 0 Å². The number of hydrogen-bond acceptors (Lipinski definition) is 8. The van der Waals surface area contributed by atoms with Gasteiger partial charge in [0.25, 0.3) is 5.91 Å². The van der Waals surface area contributed by atoms with Gasteiger partial charge < -0.3 is 20.9 Å². The molecule has 190 valence electrons. The van der Waals surface area contributed by atoms with E-state index in [1.165, 1.54) is 36.4 Å². The minimum Gasteiger partial charge on any atom is -0.456 e. The third-order valence-corrected chi connectivity index (χ3v) is 7.60. The Labute approximate surface area is 203 Å². The first-order chi connectivity index (χ1) is 16.5. The number of hydrogen-bond donors (Lipinski definition) is 3. The molecule has 0 aromatic heterocycles. The fourth-order valence-electron chi connectivity index (χ4n) is 3.26. The number of guanidine groups is 1. The molecule has 0 bridgehead atoms. The topological polar surface area (TPSA) is 183 Å². The van der Waals surface area contributed by atoms with Crippen LogP contribution in [0.5, 0.6) is 11.5 Å². The normalized spacial score (nSPS) is 14.9. The number of carbonyl (C=O) groups is 1. The molecule has 0 aliphatic carbocycles. The van der Waals surface area contributed by atoms with Gasteiger partial charge in [0.2, 0.25) is 10.0 Å². The van der Waals surface area contributed by atoms with Gasteiger partial charge in [-0.3, -0.25) is 9.69 Å². The number of sulfone groups is 1. The summed E-state index contributed by atoms with van der Waals surface area (Å²) in [5, 5.41) is 0. The molecule has 35 heavy (non-hydrogen) atoms. The Morgan fingerprint density at radius 2 is 1.74 bits per heavy atom. The van der Waals surface area contributed by atoms with E-state index in [-0.39, 0.29) is 33.4 Å². The van der Waals surface area contributed by atoms with Gasteiger partial charge in [-0.25, -0.2) is 21.6 Å². The molecule has 1 aliphatic rings. The van der Waals surface area contributed by atoms with E-state index >= 15 is 0 Å². The van der Waals surface area contributed by atoms with Gasteiger partial charge in [0.1, 0.15) is 16.4 Å². The summed E-state index contributed by atoms with van der Waals surface area (Å²) in [6.07, 6.45) is 0.961. The summed E-state index contributed by atoms with van der Waals surface area (Å²) in [7, 11) is -7.53. The molecule has 0 spiro atoms.